The first kappa shape index (κ1) is 41.2. The van der Waals surface area contributed by atoms with Gasteiger partial charge in [0.2, 0.25) is 0 Å². The summed E-state index contributed by atoms with van der Waals surface area (Å²) in [4.78, 5) is 15.2. The summed E-state index contributed by atoms with van der Waals surface area (Å²) in [5.74, 6) is 0.728. The zero-order valence-corrected chi connectivity index (χ0v) is 38.1. The highest BCUT2D eigenvalue weighted by atomic mass is 15.1. The van der Waals surface area contributed by atoms with Gasteiger partial charge in [0.1, 0.15) is 0 Å². The van der Waals surface area contributed by atoms with Gasteiger partial charge in [-0.15, -0.1) is 0 Å². The van der Waals surface area contributed by atoms with E-state index >= 15 is 0 Å². The number of nitrogens with zero attached hydrogens (tertiary/aromatic N) is 5. The van der Waals surface area contributed by atoms with Crippen LogP contribution in [0.25, 0.3) is 61.4 Å². The smallest absolute Gasteiger partial charge is 0.160 e. The van der Waals surface area contributed by atoms with Crippen molar-refractivity contribution in [3.8, 4) is 39.6 Å². The number of hydrogen-bond acceptors (Lipinski definition) is 4. The predicted molar refractivity (Wildman–Crippen MR) is 281 cm³/mol. The minimum atomic E-state index is 0.728. The number of aryl methyl sites for hydroxylation is 4. The Morgan fingerprint density at radius 3 is 1.15 bits per heavy atom. The first-order chi connectivity index (χ1) is 32.9. The predicted octanol–water partition coefficient (Wildman–Crippen LogP) is 16.7. The van der Waals surface area contributed by atoms with Crippen LogP contribution in [0.4, 0.5) is 34.1 Å². The highest BCUT2D eigenvalue weighted by Gasteiger charge is 2.22. The normalized spacial score (nSPS) is 11.3. The molecule has 0 atom stereocenters. The lowest BCUT2D eigenvalue weighted by Crippen LogP contribution is -2.09. The van der Waals surface area contributed by atoms with Crippen molar-refractivity contribution in [3.63, 3.8) is 0 Å². The van der Waals surface area contributed by atoms with Crippen LogP contribution in [0.15, 0.2) is 224 Å². The molecule has 322 valence electrons. The Bertz CT molecular complexity index is 3260. The van der Waals surface area contributed by atoms with E-state index in [4.69, 9.17) is 9.97 Å². The molecule has 0 aliphatic rings. The Morgan fingerprint density at radius 1 is 0.328 bits per heavy atom. The van der Waals surface area contributed by atoms with Crippen molar-refractivity contribution in [2.75, 3.05) is 9.80 Å². The van der Waals surface area contributed by atoms with Crippen LogP contribution in [0.5, 0.6) is 0 Å². The van der Waals surface area contributed by atoms with Crippen LogP contribution in [0.1, 0.15) is 22.3 Å². The molecule has 0 radical (unpaired) electrons. The molecule has 0 unspecified atom stereocenters. The van der Waals surface area contributed by atoms with Crippen LogP contribution in [-0.4, -0.2) is 14.5 Å². The molecule has 0 aliphatic carbocycles. The Morgan fingerprint density at radius 2 is 0.716 bits per heavy atom. The standard InChI is InChI=1S/C62H49N5/c1-42-21-17-19-31-53(42)57-41-58(64-62(63-57)54-32-20-18-22-43(54)2)61-44(3)37-52(38-45(61)4)67-59-35-33-50(65(46-23-9-5-10-24-46)47-25-11-6-12-26-47)39-55(59)56-40-51(34-36-60(56)67)66(48-27-13-7-14-28-48)49-29-15-8-16-30-49/h5-41H,1-4H3. The Kier molecular flexibility index (Phi) is 10.7. The van der Waals surface area contributed by atoms with Gasteiger partial charge in [0.25, 0.3) is 0 Å². The largest absolute Gasteiger partial charge is 0.310 e. The van der Waals surface area contributed by atoms with Crippen LogP contribution >= 0.6 is 0 Å². The summed E-state index contributed by atoms with van der Waals surface area (Å²) in [6.45, 7) is 8.71. The van der Waals surface area contributed by atoms with Crippen molar-refractivity contribution in [1.82, 2.24) is 14.5 Å². The quantitative estimate of drug-likeness (QED) is 0.137. The molecule has 0 saturated carbocycles. The molecule has 0 bridgehead atoms. The van der Waals surface area contributed by atoms with Crippen molar-refractivity contribution < 1.29 is 0 Å². The van der Waals surface area contributed by atoms with Gasteiger partial charge in [-0.1, -0.05) is 121 Å². The fourth-order valence-corrected chi connectivity index (χ4v) is 9.75. The van der Waals surface area contributed by atoms with Gasteiger partial charge in [-0.3, -0.25) is 0 Å². The summed E-state index contributed by atoms with van der Waals surface area (Å²) in [6.07, 6.45) is 0. The fourth-order valence-electron chi connectivity index (χ4n) is 9.75. The summed E-state index contributed by atoms with van der Waals surface area (Å²) in [7, 11) is 0. The third kappa shape index (κ3) is 7.70. The summed E-state index contributed by atoms with van der Waals surface area (Å²) >= 11 is 0. The van der Waals surface area contributed by atoms with E-state index in [-0.39, 0.29) is 0 Å². The minimum Gasteiger partial charge on any atom is -0.310 e. The van der Waals surface area contributed by atoms with Gasteiger partial charge in [-0.2, -0.15) is 0 Å². The molecule has 67 heavy (non-hydrogen) atoms. The van der Waals surface area contributed by atoms with E-state index in [1.165, 1.54) is 5.56 Å². The third-order valence-electron chi connectivity index (χ3n) is 12.9. The Labute approximate surface area is 392 Å². The van der Waals surface area contributed by atoms with Crippen LogP contribution in [0.3, 0.4) is 0 Å². The van der Waals surface area contributed by atoms with Crippen molar-refractivity contribution in [3.05, 3.63) is 247 Å². The highest BCUT2D eigenvalue weighted by molar-refractivity contribution is 6.12. The van der Waals surface area contributed by atoms with Crippen molar-refractivity contribution in [2.24, 2.45) is 0 Å². The molecule has 0 saturated heterocycles. The fraction of sp³-hybridized carbons (Fsp3) is 0.0645. The van der Waals surface area contributed by atoms with E-state index in [0.717, 1.165) is 112 Å². The molecule has 9 aromatic carbocycles. The number of fused-ring (bicyclic) bond motifs is 3. The van der Waals surface area contributed by atoms with Gasteiger partial charge < -0.3 is 14.4 Å². The summed E-state index contributed by atoms with van der Waals surface area (Å²) in [6, 6.07) is 80.0. The summed E-state index contributed by atoms with van der Waals surface area (Å²) in [5.41, 5.74) is 19.6. The minimum absolute atomic E-state index is 0.728. The molecule has 0 aliphatic heterocycles. The number of para-hydroxylation sites is 4. The van der Waals surface area contributed by atoms with Crippen molar-refractivity contribution >= 4 is 55.9 Å². The van der Waals surface area contributed by atoms with Gasteiger partial charge >= 0.3 is 0 Å². The van der Waals surface area contributed by atoms with E-state index in [1.54, 1.807) is 0 Å². The molecule has 2 aromatic heterocycles. The van der Waals surface area contributed by atoms with E-state index < -0.39 is 0 Å². The third-order valence-corrected chi connectivity index (χ3v) is 12.9. The van der Waals surface area contributed by atoms with Crippen LogP contribution in [0.2, 0.25) is 0 Å². The maximum Gasteiger partial charge on any atom is 0.160 e. The van der Waals surface area contributed by atoms with Crippen LogP contribution < -0.4 is 9.80 Å². The van der Waals surface area contributed by atoms with Gasteiger partial charge in [-0.25, -0.2) is 9.97 Å². The number of rotatable bonds is 10. The Balaban J connectivity index is 1.13. The van der Waals surface area contributed by atoms with E-state index in [9.17, 15) is 0 Å². The summed E-state index contributed by atoms with van der Waals surface area (Å²) in [5, 5.41) is 2.32. The van der Waals surface area contributed by atoms with Gasteiger partial charge in [0, 0.05) is 67.3 Å². The molecule has 11 rings (SSSR count). The van der Waals surface area contributed by atoms with Crippen molar-refractivity contribution in [1.29, 1.82) is 0 Å². The van der Waals surface area contributed by atoms with E-state index in [0.29, 0.717) is 0 Å². The molecular formula is C62H49N5. The lowest BCUT2D eigenvalue weighted by atomic mass is 9.96. The average Bonchev–Trinajstić information content (AvgIpc) is 3.68. The molecule has 2 heterocycles. The molecule has 5 heteroatoms. The van der Waals surface area contributed by atoms with E-state index in [1.807, 2.05) is 0 Å². The lowest BCUT2D eigenvalue weighted by Gasteiger charge is -2.26. The zero-order valence-electron chi connectivity index (χ0n) is 38.1. The number of hydrogen-bond donors (Lipinski definition) is 0. The molecule has 0 fully saturated rings. The maximum atomic E-state index is 5.33. The lowest BCUT2D eigenvalue weighted by molar-refractivity contribution is 1.14. The summed E-state index contributed by atoms with van der Waals surface area (Å²) < 4.78 is 2.43. The van der Waals surface area contributed by atoms with Crippen LogP contribution in [0, 0.1) is 27.7 Å². The van der Waals surface area contributed by atoms with Gasteiger partial charge in [0.05, 0.1) is 22.4 Å². The maximum absolute atomic E-state index is 5.33. The number of aromatic nitrogens is 3. The topological polar surface area (TPSA) is 37.2 Å². The molecule has 0 N–H and O–H groups in total. The SMILES string of the molecule is Cc1ccccc1-c1cc(-c2c(C)cc(-n3c4ccc(N(c5ccccc5)c5ccccc5)cc4c4cc(N(c5ccccc5)c5ccccc5)ccc43)cc2C)nc(-c2ccccc2C)n1. The molecule has 5 nitrogen and oxygen atoms in total. The van der Waals surface area contributed by atoms with Crippen LogP contribution in [-0.2, 0) is 0 Å². The number of benzene rings is 9. The second kappa shape index (κ2) is 17.4. The Hall–Kier alpha value is -8.54. The van der Waals surface area contributed by atoms with Gasteiger partial charge in [-0.05, 0) is 153 Å². The van der Waals surface area contributed by atoms with Gasteiger partial charge in [0.15, 0.2) is 5.82 Å². The second-order valence-electron chi connectivity index (χ2n) is 17.3. The second-order valence-corrected chi connectivity index (χ2v) is 17.3. The monoisotopic (exact) mass is 863 g/mol. The molecule has 0 spiro atoms. The number of anilines is 6. The highest BCUT2D eigenvalue weighted by Crippen LogP contribution is 2.44. The average molecular weight is 864 g/mol. The zero-order chi connectivity index (χ0) is 45.4. The molecule has 0 amide bonds. The molecule has 11 aromatic rings. The first-order valence-electron chi connectivity index (χ1n) is 22.9. The van der Waals surface area contributed by atoms with E-state index in [2.05, 4.69) is 267 Å². The van der Waals surface area contributed by atoms with Crippen molar-refractivity contribution in [2.45, 2.75) is 27.7 Å². The first-order valence-corrected chi connectivity index (χ1v) is 22.9. The molecular weight excluding hydrogens is 815 g/mol.